The van der Waals surface area contributed by atoms with E-state index in [4.69, 9.17) is 4.52 Å². The van der Waals surface area contributed by atoms with Crippen molar-refractivity contribution in [2.45, 2.75) is 19.4 Å². The van der Waals surface area contributed by atoms with Crippen LogP contribution in [0.5, 0.6) is 0 Å². The number of rotatable bonds is 0. The molecule has 1 N–H and O–H groups in total. The van der Waals surface area contributed by atoms with Crippen molar-refractivity contribution in [2.75, 3.05) is 6.54 Å². The summed E-state index contributed by atoms with van der Waals surface area (Å²) in [4.78, 5) is 0. The highest BCUT2D eigenvalue weighted by molar-refractivity contribution is 5.19. The summed E-state index contributed by atoms with van der Waals surface area (Å²) in [6, 6.07) is 0. The van der Waals surface area contributed by atoms with Crippen LogP contribution < -0.4 is 5.32 Å². The van der Waals surface area contributed by atoms with Gasteiger partial charge in [0.2, 0.25) is 0 Å². The summed E-state index contributed by atoms with van der Waals surface area (Å²) < 4.78 is 5.08. The lowest BCUT2D eigenvalue weighted by Gasteiger charge is -2.16. The summed E-state index contributed by atoms with van der Waals surface area (Å²) in [5, 5.41) is 7.02. The summed E-state index contributed by atoms with van der Waals surface area (Å²) in [6.07, 6.45) is 1.79. The third kappa shape index (κ3) is 0.743. The van der Waals surface area contributed by atoms with Gasteiger partial charge in [-0.3, -0.25) is 0 Å². The molecule has 1 aromatic heterocycles. The third-order valence-corrected chi connectivity index (χ3v) is 1.89. The zero-order valence-corrected chi connectivity index (χ0v) is 5.92. The average molecular weight is 138 g/mol. The molecule has 0 radical (unpaired) electrons. The van der Waals surface area contributed by atoms with Crippen molar-refractivity contribution in [1.82, 2.24) is 10.5 Å². The van der Waals surface area contributed by atoms with Crippen LogP contribution in [0.4, 0.5) is 0 Å². The van der Waals surface area contributed by atoms with Gasteiger partial charge in [0.05, 0.1) is 6.20 Å². The highest BCUT2D eigenvalue weighted by atomic mass is 16.5. The van der Waals surface area contributed by atoms with Gasteiger partial charge >= 0.3 is 0 Å². The van der Waals surface area contributed by atoms with Gasteiger partial charge in [-0.25, -0.2) is 0 Å². The van der Waals surface area contributed by atoms with Crippen LogP contribution in [0.1, 0.15) is 24.2 Å². The van der Waals surface area contributed by atoms with E-state index in [1.54, 1.807) is 6.20 Å². The molecule has 1 atom stereocenters. The Bertz CT molecular complexity index is 231. The van der Waals surface area contributed by atoms with Gasteiger partial charge in [0.25, 0.3) is 0 Å². The molecule has 2 heterocycles. The first kappa shape index (κ1) is 5.92. The van der Waals surface area contributed by atoms with Crippen molar-refractivity contribution in [2.24, 2.45) is 0 Å². The molecule has 0 fully saturated rings. The predicted molar refractivity (Wildman–Crippen MR) is 36.6 cm³/mol. The molecule has 1 aliphatic rings. The van der Waals surface area contributed by atoms with Crippen LogP contribution in [0.25, 0.3) is 0 Å². The standard InChI is InChI=1S/C7H10N2O/c1-5-2-8-3-6-4-9-10-7(5)6/h4-5,8H,2-3H2,1H3. The maximum Gasteiger partial charge on any atom is 0.145 e. The Morgan fingerprint density at radius 1 is 1.80 bits per heavy atom. The van der Waals surface area contributed by atoms with E-state index in [9.17, 15) is 0 Å². The largest absolute Gasteiger partial charge is 0.361 e. The predicted octanol–water partition coefficient (Wildman–Crippen LogP) is 0.881. The fourth-order valence-electron chi connectivity index (χ4n) is 1.32. The molecule has 54 valence electrons. The van der Waals surface area contributed by atoms with E-state index in [-0.39, 0.29) is 0 Å². The molecule has 0 aliphatic carbocycles. The molecule has 0 saturated carbocycles. The Morgan fingerprint density at radius 3 is 3.50 bits per heavy atom. The minimum atomic E-state index is 0.478. The Labute approximate surface area is 59.4 Å². The molecular weight excluding hydrogens is 128 g/mol. The quantitative estimate of drug-likeness (QED) is 0.578. The van der Waals surface area contributed by atoms with E-state index < -0.39 is 0 Å². The number of fused-ring (bicyclic) bond motifs is 1. The lowest BCUT2D eigenvalue weighted by Crippen LogP contribution is -2.25. The molecule has 1 aromatic rings. The molecule has 0 amide bonds. The molecule has 3 nitrogen and oxygen atoms in total. The highest BCUT2D eigenvalue weighted by Gasteiger charge is 2.19. The first-order chi connectivity index (χ1) is 4.88. The maximum absolute atomic E-state index is 5.08. The van der Waals surface area contributed by atoms with Crippen molar-refractivity contribution in [3.05, 3.63) is 17.5 Å². The van der Waals surface area contributed by atoms with Crippen LogP contribution in [0, 0.1) is 0 Å². The van der Waals surface area contributed by atoms with Crippen molar-refractivity contribution in [3.8, 4) is 0 Å². The lowest BCUT2D eigenvalue weighted by molar-refractivity contribution is 0.350. The number of hydrogen-bond acceptors (Lipinski definition) is 3. The average Bonchev–Trinajstić information content (AvgIpc) is 2.36. The van der Waals surface area contributed by atoms with E-state index in [1.807, 2.05) is 0 Å². The second kappa shape index (κ2) is 2.09. The molecule has 10 heavy (non-hydrogen) atoms. The van der Waals surface area contributed by atoms with Gasteiger partial charge in [-0.15, -0.1) is 0 Å². The van der Waals surface area contributed by atoms with E-state index in [0.29, 0.717) is 5.92 Å². The molecule has 0 bridgehead atoms. The number of hydrogen-bond donors (Lipinski definition) is 1. The molecule has 1 aliphatic heterocycles. The zero-order chi connectivity index (χ0) is 6.97. The van der Waals surface area contributed by atoms with Gasteiger partial charge in [-0.2, -0.15) is 0 Å². The van der Waals surface area contributed by atoms with Crippen molar-refractivity contribution in [3.63, 3.8) is 0 Å². The Hall–Kier alpha value is -0.830. The number of nitrogens with zero attached hydrogens (tertiary/aromatic N) is 1. The Morgan fingerprint density at radius 2 is 2.70 bits per heavy atom. The molecule has 0 aromatic carbocycles. The van der Waals surface area contributed by atoms with Gasteiger partial charge in [0.1, 0.15) is 5.76 Å². The van der Waals surface area contributed by atoms with Crippen LogP contribution >= 0.6 is 0 Å². The summed E-state index contributed by atoms with van der Waals surface area (Å²) >= 11 is 0. The fourth-order valence-corrected chi connectivity index (χ4v) is 1.32. The van der Waals surface area contributed by atoms with Crippen molar-refractivity contribution >= 4 is 0 Å². The highest BCUT2D eigenvalue weighted by Crippen LogP contribution is 2.21. The van der Waals surface area contributed by atoms with Gasteiger partial charge < -0.3 is 9.84 Å². The molecule has 1 unspecified atom stereocenters. The van der Waals surface area contributed by atoms with Crippen LogP contribution in [-0.4, -0.2) is 11.7 Å². The summed E-state index contributed by atoms with van der Waals surface area (Å²) in [6.45, 7) is 4.04. The fraction of sp³-hybridized carbons (Fsp3) is 0.571. The van der Waals surface area contributed by atoms with Gasteiger partial charge in [-0.05, 0) is 0 Å². The SMILES string of the molecule is CC1CNCc2cnoc21. The topological polar surface area (TPSA) is 38.1 Å². The molecule has 0 saturated heterocycles. The number of nitrogens with one attached hydrogen (secondary N) is 1. The first-order valence-electron chi connectivity index (χ1n) is 3.52. The second-order valence-corrected chi connectivity index (χ2v) is 2.75. The minimum absolute atomic E-state index is 0.478. The first-order valence-corrected chi connectivity index (χ1v) is 3.52. The Kier molecular flexibility index (Phi) is 1.24. The van der Waals surface area contributed by atoms with Crippen molar-refractivity contribution in [1.29, 1.82) is 0 Å². The van der Waals surface area contributed by atoms with Crippen LogP contribution in [0.2, 0.25) is 0 Å². The maximum atomic E-state index is 5.08. The Balaban J connectivity index is 2.41. The summed E-state index contributed by atoms with van der Waals surface area (Å²) in [5.74, 6) is 1.53. The second-order valence-electron chi connectivity index (χ2n) is 2.75. The van der Waals surface area contributed by atoms with Crippen LogP contribution in [0.3, 0.4) is 0 Å². The van der Waals surface area contributed by atoms with Gasteiger partial charge in [-0.1, -0.05) is 12.1 Å². The zero-order valence-electron chi connectivity index (χ0n) is 5.92. The van der Waals surface area contributed by atoms with E-state index in [1.165, 1.54) is 5.56 Å². The van der Waals surface area contributed by atoms with E-state index in [0.717, 1.165) is 18.8 Å². The van der Waals surface area contributed by atoms with E-state index >= 15 is 0 Å². The monoisotopic (exact) mass is 138 g/mol. The molecular formula is C7H10N2O. The molecule has 0 spiro atoms. The molecule has 2 rings (SSSR count). The van der Waals surface area contributed by atoms with Crippen molar-refractivity contribution < 1.29 is 4.52 Å². The van der Waals surface area contributed by atoms with Gasteiger partial charge in [0.15, 0.2) is 0 Å². The molecule has 3 heteroatoms. The van der Waals surface area contributed by atoms with Gasteiger partial charge in [0, 0.05) is 24.6 Å². The van der Waals surface area contributed by atoms with E-state index in [2.05, 4.69) is 17.4 Å². The number of aromatic nitrogens is 1. The van der Waals surface area contributed by atoms with Crippen LogP contribution in [-0.2, 0) is 6.54 Å². The summed E-state index contributed by atoms with van der Waals surface area (Å²) in [7, 11) is 0. The van der Waals surface area contributed by atoms with Crippen LogP contribution in [0.15, 0.2) is 10.7 Å². The third-order valence-electron chi connectivity index (χ3n) is 1.89. The minimum Gasteiger partial charge on any atom is -0.361 e. The lowest BCUT2D eigenvalue weighted by atomic mass is 10.0. The summed E-state index contributed by atoms with van der Waals surface area (Å²) in [5.41, 5.74) is 1.21. The normalized spacial score (nSPS) is 24.3. The smallest absolute Gasteiger partial charge is 0.145 e.